The van der Waals surface area contributed by atoms with Gasteiger partial charge in [0.15, 0.2) is 34.5 Å². The van der Waals surface area contributed by atoms with Crippen molar-refractivity contribution in [3.05, 3.63) is 53.1 Å². The largest absolute Gasteiger partial charge is 0.508 e. The van der Waals surface area contributed by atoms with Crippen LogP contribution in [-0.2, 0) is 9.47 Å². The summed E-state index contributed by atoms with van der Waals surface area (Å²) < 4.78 is 21.8. The lowest BCUT2D eigenvalue weighted by Gasteiger charge is -2.40. The molecule has 0 saturated carbocycles. The Kier molecular flexibility index (Phi) is 7.92. The summed E-state index contributed by atoms with van der Waals surface area (Å²) in [6, 6.07) is 5.87. The number of fused-ring (bicyclic) bond motifs is 1. The van der Waals surface area contributed by atoms with Gasteiger partial charge in [-0.1, -0.05) is 0 Å². The summed E-state index contributed by atoms with van der Waals surface area (Å²) in [5, 5.41) is 101. The molecule has 2 aliphatic rings. The molecule has 2 heterocycles. The Morgan fingerprint density at radius 1 is 0.795 bits per heavy atom. The molecule has 0 spiro atoms. The van der Waals surface area contributed by atoms with Crippen LogP contribution in [0.2, 0.25) is 0 Å². The van der Waals surface area contributed by atoms with E-state index >= 15 is 0 Å². The highest BCUT2D eigenvalue weighted by molar-refractivity contribution is 6.02. The quantitative estimate of drug-likeness (QED) is 0.132. The predicted octanol–water partition coefficient (Wildman–Crippen LogP) is 0.376. The molecule has 0 aromatic heterocycles. The third kappa shape index (κ3) is 5.61. The Balaban J connectivity index is 1.34. The van der Waals surface area contributed by atoms with Gasteiger partial charge in [0.1, 0.15) is 59.9 Å². The number of ketones is 1. The van der Waals surface area contributed by atoms with Crippen molar-refractivity contribution in [2.75, 3.05) is 6.61 Å². The van der Waals surface area contributed by atoms with E-state index in [0.29, 0.717) is 0 Å². The third-order valence-corrected chi connectivity index (χ3v) is 7.03. The molecule has 5 rings (SSSR count). The Bertz CT molecular complexity index is 1600. The van der Waals surface area contributed by atoms with Gasteiger partial charge in [0.25, 0.3) is 0 Å². The van der Waals surface area contributed by atoms with E-state index in [1.54, 1.807) is 0 Å². The summed E-state index contributed by atoms with van der Waals surface area (Å²) in [6.45, 7) is -0.750. The molecular formula is C28H26O16. The number of Topliss-reactive ketones (excluding diaryl/α,β-unsaturated/α-hetero) is 1. The van der Waals surface area contributed by atoms with Crippen molar-refractivity contribution >= 4 is 11.8 Å². The fourth-order valence-corrected chi connectivity index (χ4v) is 4.74. The van der Waals surface area contributed by atoms with Gasteiger partial charge in [-0.2, -0.15) is 0 Å². The number of phenolic OH excluding ortho intramolecular Hbond substituents is 7. The monoisotopic (exact) mass is 618 g/mol. The zero-order valence-electron chi connectivity index (χ0n) is 22.3. The highest BCUT2D eigenvalue weighted by Crippen LogP contribution is 2.45. The molecule has 0 bridgehead atoms. The number of hydrogen-bond donors (Lipinski definition) is 10. The van der Waals surface area contributed by atoms with E-state index < -0.39 is 95.4 Å². The van der Waals surface area contributed by atoms with E-state index in [4.69, 9.17) is 18.9 Å². The molecule has 0 unspecified atom stereocenters. The normalized spacial score (nSPS) is 24.7. The van der Waals surface area contributed by atoms with Crippen LogP contribution in [0, 0.1) is 0 Å². The molecule has 234 valence electrons. The zero-order chi connectivity index (χ0) is 32.0. The molecule has 6 atom stereocenters. The van der Waals surface area contributed by atoms with Crippen molar-refractivity contribution in [3.63, 3.8) is 0 Å². The molecule has 3 aromatic rings. The lowest BCUT2D eigenvalue weighted by atomic mass is 9.95. The number of benzene rings is 3. The van der Waals surface area contributed by atoms with Gasteiger partial charge in [-0.25, -0.2) is 4.79 Å². The van der Waals surface area contributed by atoms with Gasteiger partial charge in [-0.15, -0.1) is 0 Å². The summed E-state index contributed by atoms with van der Waals surface area (Å²) in [6.07, 6.45) is -10.5. The number of aromatic hydroxyl groups is 7. The van der Waals surface area contributed by atoms with E-state index in [1.165, 1.54) is 0 Å². The molecule has 0 radical (unpaired) electrons. The van der Waals surface area contributed by atoms with Gasteiger partial charge in [-0.3, -0.25) is 4.79 Å². The van der Waals surface area contributed by atoms with Crippen LogP contribution in [0.4, 0.5) is 0 Å². The number of aliphatic hydroxyl groups is 3. The van der Waals surface area contributed by atoms with Crippen LogP contribution in [0.5, 0.6) is 51.7 Å². The third-order valence-electron chi connectivity index (χ3n) is 7.03. The molecule has 16 nitrogen and oxygen atoms in total. The van der Waals surface area contributed by atoms with Crippen LogP contribution < -0.4 is 9.47 Å². The summed E-state index contributed by atoms with van der Waals surface area (Å²) in [4.78, 5) is 25.1. The molecule has 44 heavy (non-hydrogen) atoms. The van der Waals surface area contributed by atoms with Crippen molar-refractivity contribution < 1.29 is 79.6 Å². The number of carbonyl (C=O) groups excluding carboxylic acids is 2. The fourth-order valence-electron chi connectivity index (χ4n) is 4.74. The second kappa shape index (κ2) is 11.5. The summed E-state index contributed by atoms with van der Waals surface area (Å²) in [5.41, 5.74) is -0.463. The van der Waals surface area contributed by atoms with E-state index in [1.807, 2.05) is 0 Å². The van der Waals surface area contributed by atoms with Gasteiger partial charge in [0.2, 0.25) is 12.0 Å². The van der Waals surface area contributed by atoms with Crippen LogP contribution in [0.3, 0.4) is 0 Å². The number of ether oxygens (including phenoxy) is 4. The first-order valence-corrected chi connectivity index (χ1v) is 12.8. The Hall–Kier alpha value is -5.16. The van der Waals surface area contributed by atoms with Crippen molar-refractivity contribution in [2.45, 2.75) is 43.2 Å². The topological polar surface area (TPSA) is 273 Å². The van der Waals surface area contributed by atoms with Gasteiger partial charge >= 0.3 is 5.97 Å². The van der Waals surface area contributed by atoms with Crippen LogP contribution in [0.15, 0.2) is 36.4 Å². The standard InChI is InChI=1S/C28H26O16/c29-11-5-12(30)21-13(31)7-17(42-18(21)6-11)9-1-16(34)23(36)19(4-9)43-28-26(39)25(38)24(37)20(44-28)8-41-27(40)10-2-14(32)22(35)15(33)3-10/h1-6,17,20,24-26,28-30,32-39H,7-8H2/t17-,20+,24+,25-,26+,28+/m0/s1. The van der Waals surface area contributed by atoms with E-state index in [2.05, 4.69) is 0 Å². The second-order valence-electron chi connectivity index (χ2n) is 10.1. The van der Waals surface area contributed by atoms with Crippen LogP contribution >= 0.6 is 0 Å². The van der Waals surface area contributed by atoms with Crippen molar-refractivity contribution in [3.8, 4) is 51.7 Å². The molecule has 1 fully saturated rings. The summed E-state index contributed by atoms with van der Waals surface area (Å²) in [7, 11) is 0. The average molecular weight is 619 g/mol. The highest BCUT2D eigenvalue weighted by atomic mass is 16.7. The maximum atomic E-state index is 12.7. The van der Waals surface area contributed by atoms with E-state index in [0.717, 1.165) is 36.4 Å². The molecule has 0 aliphatic carbocycles. The Morgan fingerprint density at radius 3 is 2.14 bits per heavy atom. The minimum atomic E-state index is -1.93. The van der Waals surface area contributed by atoms with E-state index in [-0.39, 0.29) is 34.6 Å². The smallest absolute Gasteiger partial charge is 0.338 e. The van der Waals surface area contributed by atoms with E-state index in [9.17, 15) is 60.7 Å². The van der Waals surface area contributed by atoms with Crippen molar-refractivity contribution in [1.82, 2.24) is 0 Å². The highest BCUT2D eigenvalue weighted by Gasteiger charge is 2.46. The summed E-state index contributed by atoms with van der Waals surface area (Å²) in [5.74, 6) is -7.29. The molecule has 0 amide bonds. The van der Waals surface area contributed by atoms with Crippen LogP contribution in [0.1, 0.15) is 38.8 Å². The van der Waals surface area contributed by atoms with Crippen LogP contribution in [0.25, 0.3) is 0 Å². The maximum Gasteiger partial charge on any atom is 0.338 e. The Morgan fingerprint density at radius 2 is 1.45 bits per heavy atom. The lowest BCUT2D eigenvalue weighted by molar-refractivity contribution is -0.277. The summed E-state index contributed by atoms with van der Waals surface area (Å²) >= 11 is 0. The predicted molar refractivity (Wildman–Crippen MR) is 141 cm³/mol. The maximum absolute atomic E-state index is 12.7. The van der Waals surface area contributed by atoms with Crippen molar-refractivity contribution in [2.24, 2.45) is 0 Å². The molecule has 2 aliphatic heterocycles. The first kappa shape index (κ1) is 30.3. The minimum absolute atomic E-state index is 0.0777. The first-order chi connectivity index (χ1) is 20.7. The second-order valence-corrected chi connectivity index (χ2v) is 10.1. The number of rotatable bonds is 6. The molecular weight excluding hydrogens is 592 g/mol. The lowest BCUT2D eigenvalue weighted by Crippen LogP contribution is -2.60. The number of hydrogen-bond acceptors (Lipinski definition) is 16. The number of carbonyl (C=O) groups is 2. The number of esters is 1. The van der Waals surface area contributed by atoms with Crippen molar-refractivity contribution in [1.29, 1.82) is 0 Å². The average Bonchev–Trinajstić information content (AvgIpc) is 2.96. The molecule has 3 aromatic carbocycles. The molecule has 16 heteroatoms. The molecule has 1 saturated heterocycles. The number of aliphatic hydroxyl groups excluding tert-OH is 3. The Labute approximate surface area is 246 Å². The molecule has 10 N–H and O–H groups in total. The van der Waals surface area contributed by atoms with Crippen LogP contribution in [-0.4, -0.2) is 100 Å². The SMILES string of the molecule is O=C(OC[C@H]1O[C@@H](Oc2cc([C@@H]3CC(=O)c4c(O)cc(O)cc4O3)cc(O)c2O)[C@H](O)[C@@H](O)[C@@H]1O)c1cc(O)c(O)c(O)c1. The van der Waals surface area contributed by atoms with Gasteiger partial charge in [0.05, 0.1) is 12.0 Å². The number of phenols is 7. The van der Waals surface area contributed by atoms with Gasteiger partial charge in [-0.05, 0) is 24.3 Å². The first-order valence-electron chi connectivity index (χ1n) is 12.8. The van der Waals surface area contributed by atoms with Gasteiger partial charge in [0, 0.05) is 17.7 Å². The van der Waals surface area contributed by atoms with Gasteiger partial charge < -0.3 is 70.0 Å². The minimum Gasteiger partial charge on any atom is -0.508 e. The fraction of sp³-hybridized carbons (Fsp3) is 0.286. The zero-order valence-corrected chi connectivity index (χ0v) is 22.3.